The summed E-state index contributed by atoms with van der Waals surface area (Å²) in [7, 11) is -0.290. The average molecular weight is 594 g/mol. The maximum atomic E-state index is 12.0. The van der Waals surface area contributed by atoms with Gasteiger partial charge in [0, 0.05) is 0 Å². The van der Waals surface area contributed by atoms with Crippen LogP contribution in [0.15, 0.2) is 59.6 Å². The van der Waals surface area contributed by atoms with Crippen LogP contribution in [0.25, 0.3) is 0 Å². The molecule has 0 N–H and O–H groups in total. The SMILES string of the molecule is C=CCOC(=O)/C(Br)=C/C=C/C[C@H](O[Si](C)(C)C(C)(C)C)[C@@H]1CCC[C@H]1COCc1ccc(OC)cc1. The molecule has 2 rings (SSSR count). The van der Waals surface area contributed by atoms with E-state index in [-0.39, 0.29) is 17.7 Å². The summed E-state index contributed by atoms with van der Waals surface area (Å²) < 4.78 is 23.9. The number of carbonyl (C=O) groups is 1. The molecule has 1 fully saturated rings. The molecule has 0 aromatic heterocycles. The third-order valence-corrected chi connectivity index (χ3v) is 12.6. The van der Waals surface area contributed by atoms with Gasteiger partial charge in [0.2, 0.25) is 0 Å². The first-order chi connectivity index (χ1) is 17.5. The molecule has 0 radical (unpaired) electrons. The molecule has 1 aliphatic carbocycles. The van der Waals surface area contributed by atoms with E-state index in [9.17, 15) is 4.79 Å². The summed E-state index contributed by atoms with van der Waals surface area (Å²) in [5, 5.41) is 0.131. The number of benzene rings is 1. The number of ether oxygens (including phenoxy) is 3. The van der Waals surface area contributed by atoms with Crippen LogP contribution in [0, 0.1) is 11.8 Å². The minimum atomic E-state index is -1.97. The smallest absolute Gasteiger partial charge is 0.345 e. The van der Waals surface area contributed by atoms with E-state index in [4.69, 9.17) is 18.6 Å². The lowest BCUT2D eigenvalue weighted by molar-refractivity contribution is -0.136. The monoisotopic (exact) mass is 592 g/mol. The van der Waals surface area contributed by atoms with Crippen molar-refractivity contribution in [2.24, 2.45) is 11.8 Å². The Hall–Kier alpha value is -1.67. The van der Waals surface area contributed by atoms with Gasteiger partial charge in [0.1, 0.15) is 16.8 Å². The third-order valence-electron chi connectivity index (χ3n) is 7.48. The fourth-order valence-electron chi connectivity index (χ4n) is 4.31. The second-order valence-corrected chi connectivity index (χ2v) is 16.8. The molecule has 0 aliphatic heterocycles. The van der Waals surface area contributed by atoms with Crippen LogP contribution in [0.3, 0.4) is 0 Å². The van der Waals surface area contributed by atoms with Crippen molar-refractivity contribution in [3.8, 4) is 5.75 Å². The Morgan fingerprint density at radius 3 is 2.54 bits per heavy atom. The number of esters is 1. The first kappa shape index (κ1) is 31.5. The standard InChI is InChI=1S/C30H45BrO5Si/c1-8-20-35-29(32)27(31)14-9-10-15-28(36-37(6,7)30(2,3)4)26-13-11-12-24(26)22-34-21-23-16-18-25(33-5)19-17-23/h8-10,14,16-19,24,26,28H,1,11-13,15,20-22H2,2-7H3/b10-9+,27-14-/t24-,26+,28-/m0/s1. The predicted molar refractivity (Wildman–Crippen MR) is 157 cm³/mol. The topological polar surface area (TPSA) is 54.0 Å². The zero-order chi connectivity index (χ0) is 27.5. The Morgan fingerprint density at radius 2 is 1.92 bits per heavy atom. The van der Waals surface area contributed by atoms with Gasteiger partial charge in [0.25, 0.3) is 0 Å². The highest BCUT2D eigenvalue weighted by molar-refractivity contribution is 9.12. The van der Waals surface area contributed by atoms with Crippen LogP contribution in [0.1, 0.15) is 52.0 Å². The van der Waals surface area contributed by atoms with E-state index in [0.29, 0.717) is 22.9 Å². The van der Waals surface area contributed by atoms with E-state index >= 15 is 0 Å². The van der Waals surface area contributed by atoms with Crippen molar-refractivity contribution in [3.63, 3.8) is 0 Å². The fourth-order valence-corrected chi connectivity index (χ4v) is 5.96. The molecule has 3 atom stereocenters. The molecule has 0 heterocycles. The van der Waals surface area contributed by atoms with Crippen LogP contribution in [0.2, 0.25) is 18.1 Å². The molecule has 5 nitrogen and oxygen atoms in total. The van der Waals surface area contributed by atoms with E-state index in [2.05, 4.69) is 74.6 Å². The zero-order valence-corrected chi connectivity index (χ0v) is 26.0. The molecule has 0 bridgehead atoms. The number of carbonyl (C=O) groups excluding carboxylic acids is 1. The van der Waals surface area contributed by atoms with Crippen molar-refractivity contribution in [3.05, 3.63) is 65.2 Å². The minimum Gasteiger partial charge on any atom is -0.497 e. The highest BCUT2D eigenvalue weighted by Gasteiger charge is 2.42. The Labute approximate surface area is 233 Å². The summed E-state index contributed by atoms with van der Waals surface area (Å²) in [5.74, 6) is 1.37. The molecule has 37 heavy (non-hydrogen) atoms. The minimum absolute atomic E-state index is 0.120. The van der Waals surface area contributed by atoms with Crippen molar-refractivity contribution in [2.45, 2.75) is 77.3 Å². The average Bonchev–Trinajstić information content (AvgIpc) is 3.32. The first-order valence-electron chi connectivity index (χ1n) is 13.2. The second kappa shape index (κ2) is 15.1. The predicted octanol–water partition coefficient (Wildman–Crippen LogP) is 7.97. The van der Waals surface area contributed by atoms with Crippen molar-refractivity contribution >= 4 is 30.2 Å². The number of allylic oxidation sites excluding steroid dienone is 2. The Balaban J connectivity index is 2.07. The van der Waals surface area contributed by atoms with Crippen molar-refractivity contribution < 1.29 is 23.4 Å². The second-order valence-electron chi connectivity index (χ2n) is 11.2. The normalized spacial score (nSPS) is 19.7. The van der Waals surface area contributed by atoms with Crippen molar-refractivity contribution in [2.75, 3.05) is 20.3 Å². The number of halogens is 1. The van der Waals surface area contributed by atoms with Gasteiger partial charge in [-0.05, 0) is 88.9 Å². The quantitative estimate of drug-likeness (QED) is 0.0720. The highest BCUT2D eigenvalue weighted by Crippen LogP contribution is 2.43. The number of methoxy groups -OCH3 is 1. The molecule has 0 unspecified atom stereocenters. The van der Waals surface area contributed by atoms with E-state index in [0.717, 1.165) is 37.2 Å². The van der Waals surface area contributed by atoms with Crippen LogP contribution in [0.5, 0.6) is 5.75 Å². The third kappa shape index (κ3) is 10.2. The van der Waals surface area contributed by atoms with Crippen LogP contribution >= 0.6 is 15.9 Å². The lowest BCUT2D eigenvalue weighted by Crippen LogP contribution is -2.46. The summed E-state index contributed by atoms with van der Waals surface area (Å²) in [5.41, 5.74) is 1.15. The number of hydrogen-bond donors (Lipinski definition) is 0. The summed E-state index contributed by atoms with van der Waals surface area (Å²) in [6.45, 7) is 16.6. The molecule has 1 aromatic rings. The van der Waals surface area contributed by atoms with Gasteiger partial charge >= 0.3 is 5.97 Å². The molecule has 1 aliphatic rings. The molecule has 0 spiro atoms. The summed E-state index contributed by atoms with van der Waals surface area (Å²) in [4.78, 5) is 12.0. The van der Waals surface area contributed by atoms with Gasteiger partial charge in [-0.3, -0.25) is 0 Å². The lowest BCUT2D eigenvalue weighted by Gasteiger charge is -2.42. The lowest BCUT2D eigenvalue weighted by atomic mass is 9.89. The molecule has 0 saturated heterocycles. The van der Waals surface area contributed by atoms with Gasteiger partial charge in [-0.15, -0.1) is 0 Å². The summed E-state index contributed by atoms with van der Waals surface area (Å²) >= 11 is 3.30. The molecular formula is C30H45BrO5Si. The van der Waals surface area contributed by atoms with E-state index in [1.807, 2.05) is 18.2 Å². The van der Waals surface area contributed by atoms with E-state index in [1.54, 1.807) is 19.3 Å². The Bertz CT molecular complexity index is 917. The zero-order valence-electron chi connectivity index (χ0n) is 23.4. The van der Waals surface area contributed by atoms with Gasteiger partial charge in [-0.2, -0.15) is 0 Å². The molecule has 1 aromatic carbocycles. The van der Waals surface area contributed by atoms with Crippen LogP contribution in [0.4, 0.5) is 0 Å². The van der Waals surface area contributed by atoms with Gasteiger partial charge in [0.15, 0.2) is 8.32 Å². The first-order valence-corrected chi connectivity index (χ1v) is 16.9. The highest BCUT2D eigenvalue weighted by atomic mass is 79.9. The van der Waals surface area contributed by atoms with Gasteiger partial charge in [0.05, 0.1) is 26.4 Å². The maximum absolute atomic E-state index is 12.0. The van der Waals surface area contributed by atoms with Crippen molar-refractivity contribution in [1.29, 1.82) is 0 Å². The van der Waals surface area contributed by atoms with Crippen molar-refractivity contribution in [1.82, 2.24) is 0 Å². The molecule has 7 heteroatoms. The Kier molecular flexibility index (Phi) is 12.8. The van der Waals surface area contributed by atoms with Crippen LogP contribution < -0.4 is 4.74 Å². The van der Waals surface area contributed by atoms with Gasteiger partial charge in [-0.25, -0.2) is 4.79 Å². The molecule has 206 valence electrons. The number of rotatable bonds is 14. The summed E-state index contributed by atoms with van der Waals surface area (Å²) in [6, 6.07) is 8.05. The molecule has 1 saturated carbocycles. The summed E-state index contributed by atoms with van der Waals surface area (Å²) in [6.07, 6.45) is 11.7. The van der Waals surface area contributed by atoms with E-state index in [1.165, 1.54) is 6.42 Å². The van der Waals surface area contributed by atoms with Gasteiger partial charge < -0.3 is 18.6 Å². The van der Waals surface area contributed by atoms with Crippen LogP contribution in [-0.4, -0.2) is 40.7 Å². The number of hydrogen-bond acceptors (Lipinski definition) is 5. The maximum Gasteiger partial charge on any atom is 0.345 e. The van der Waals surface area contributed by atoms with Gasteiger partial charge in [-0.1, -0.05) is 64.1 Å². The molecular weight excluding hydrogens is 548 g/mol. The Morgan fingerprint density at radius 1 is 1.22 bits per heavy atom. The molecule has 0 amide bonds. The fraction of sp³-hybridized carbons (Fsp3) is 0.567. The van der Waals surface area contributed by atoms with E-state index < -0.39 is 14.3 Å². The largest absolute Gasteiger partial charge is 0.497 e. The van der Waals surface area contributed by atoms with Crippen LogP contribution in [-0.2, 0) is 25.3 Å².